The molecule has 10 heteroatoms. The van der Waals surface area contributed by atoms with Gasteiger partial charge in [0.25, 0.3) is 5.91 Å². The SMILES string of the molecule is Fc1ccccc1-c1nc(CCl)co1.NC(=O)c1ccccc1F.O=C(CCl)CCl. The molecule has 0 saturated heterocycles. The molecule has 1 amide bonds. The lowest BCUT2D eigenvalue weighted by Gasteiger charge is -1.95. The quantitative estimate of drug-likeness (QED) is 0.513. The van der Waals surface area contributed by atoms with Crippen LogP contribution in [0.2, 0.25) is 0 Å². The van der Waals surface area contributed by atoms with E-state index in [2.05, 4.69) is 4.98 Å². The molecule has 0 radical (unpaired) electrons. The van der Waals surface area contributed by atoms with E-state index in [4.69, 9.17) is 45.0 Å². The highest BCUT2D eigenvalue weighted by Gasteiger charge is 2.09. The molecule has 0 fully saturated rings. The van der Waals surface area contributed by atoms with Gasteiger partial charge in [0.2, 0.25) is 5.89 Å². The molecule has 1 aromatic heterocycles. The summed E-state index contributed by atoms with van der Waals surface area (Å²) in [6, 6.07) is 11.9. The minimum atomic E-state index is -0.738. The maximum absolute atomic E-state index is 13.3. The van der Waals surface area contributed by atoms with Crippen LogP contribution in [0.5, 0.6) is 0 Å². The van der Waals surface area contributed by atoms with Crippen molar-refractivity contribution in [2.75, 3.05) is 11.8 Å². The van der Waals surface area contributed by atoms with Gasteiger partial charge < -0.3 is 10.2 Å². The largest absolute Gasteiger partial charge is 0.444 e. The molecule has 0 aliphatic heterocycles. The molecule has 0 aliphatic rings. The van der Waals surface area contributed by atoms with E-state index in [9.17, 15) is 18.4 Å². The van der Waals surface area contributed by atoms with E-state index in [0.717, 1.165) is 0 Å². The number of carbonyl (C=O) groups is 2. The van der Waals surface area contributed by atoms with Crippen molar-refractivity contribution in [3.05, 3.63) is 77.7 Å². The van der Waals surface area contributed by atoms with Crippen LogP contribution in [0.4, 0.5) is 8.78 Å². The van der Waals surface area contributed by atoms with Gasteiger partial charge in [-0.25, -0.2) is 13.8 Å². The zero-order valence-electron chi connectivity index (χ0n) is 15.5. The summed E-state index contributed by atoms with van der Waals surface area (Å²) >= 11 is 15.6. The van der Waals surface area contributed by atoms with Crippen LogP contribution in [-0.4, -0.2) is 28.4 Å². The zero-order valence-corrected chi connectivity index (χ0v) is 17.7. The number of nitrogens with two attached hydrogens (primary N) is 1. The molecule has 0 atom stereocenters. The summed E-state index contributed by atoms with van der Waals surface area (Å²) in [5, 5.41) is 0. The Balaban J connectivity index is 0.000000247. The molecule has 0 saturated carbocycles. The number of primary amides is 1. The summed E-state index contributed by atoms with van der Waals surface area (Å²) in [6.07, 6.45) is 1.43. The first-order chi connectivity index (χ1) is 14.3. The van der Waals surface area contributed by atoms with E-state index in [-0.39, 0.29) is 40.7 Å². The van der Waals surface area contributed by atoms with Gasteiger partial charge in [-0.2, -0.15) is 0 Å². The number of Topliss-reactive ketones (excluding diaryl/α,β-unsaturated/α-hetero) is 1. The van der Waals surface area contributed by atoms with Gasteiger partial charge in [-0.15, -0.1) is 34.8 Å². The van der Waals surface area contributed by atoms with Gasteiger partial charge in [-0.1, -0.05) is 24.3 Å². The van der Waals surface area contributed by atoms with Crippen LogP contribution in [0.15, 0.2) is 59.2 Å². The second-order valence-electron chi connectivity index (χ2n) is 5.41. The first kappa shape index (κ1) is 25.6. The molecule has 5 nitrogen and oxygen atoms in total. The summed E-state index contributed by atoms with van der Waals surface area (Å²) in [6.45, 7) is 0. The van der Waals surface area contributed by atoms with Crippen molar-refractivity contribution < 1.29 is 22.8 Å². The Bertz CT molecular complexity index is 962. The maximum Gasteiger partial charge on any atom is 0.251 e. The molecule has 0 unspecified atom stereocenters. The average Bonchev–Trinajstić information content (AvgIpc) is 3.23. The van der Waals surface area contributed by atoms with Crippen LogP contribution in [0.3, 0.4) is 0 Å². The predicted molar refractivity (Wildman–Crippen MR) is 113 cm³/mol. The molecule has 0 aliphatic carbocycles. The maximum atomic E-state index is 13.3. The Morgan fingerprint density at radius 2 is 1.50 bits per heavy atom. The number of halogens is 5. The van der Waals surface area contributed by atoms with E-state index in [1.807, 2.05) is 0 Å². The van der Waals surface area contributed by atoms with Crippen LogP contribution < -0.4 is 5.73 Å². The van der Waals surface area contributed by atoms with Crippen molar-refractivity contribution in [1.82, 2.24) is 4.98 Å². The fraction of sp³-hybridized carbons (Fsp3) is 0.150. The third-order valence-electron chi connectivity index (χ3n) is 3.23. The third-order valence-corrected chi connectivity index (χ3v) is 4.10. The van der Waals surface area contributed by atoms with Gasteiger partial charge in [0.1, 0.15) is 17.9 Å². The second-order valence-corrected chi connectivity index (χ2v) is 6.21. The number of rotatable bonds is 5. The number of alkyl halides is 3. The number of carbonyl (C=O) groups excluding carboxylic acids is 2. The molecule has 0 spiro atoms. The fourth-order valence-corrected chi connectivity index (χ4v) is 2.23. The minimum Gasteiger partial charge on any atom is -0.444 e. The highest BCUT2D eigenvalue weighted by atomic mass is 35.5. The molecule has 3 aromatic rings. The van der Waals surface area contributed by atoms with Crippen molar-refractivity contribution in [3.8, 4) is 11.5 Å². The first-order valence-corrected chi connectivity index (χ1v) is 9.87. The number of aromatic nitrogens is 1. The Morgan fingerprint density at radius 3 is 1.90 bits per heavy atom. The van der Waals surface area contributed by atoms with Gasteiger partial charge in [0.15, 0.2) is 5.78 Å². The van der Waals surface area contributed by atoms with E-state index in [1.54, 1.807) is 24.3 Å². The number of amides is 1. The van der Waals surface area contributed by atoms with E-state index >= 15 is 0 Å². The number of benzene rings is 2. The van der Waals surface area contributed by atoms with Crippen molar-refractivity contribution in [2.45, 2.75) is 5.88 Å². The minimum absolute atomic E-state index is 0.0312. The van der Waals surface area contributed by atoms with Crippen LogP contribution in [0, 0.1) is 11.6 Å². The number of nitrogens with zero attached hydrogens (tertiary/aromatic N) is 1. The van der Waals surface area contributed by atoms with E-state index < -0.39 is 11.7 Å². The summed E-state index contributed by atoms with van der Waals surface area (Å²) in [7, 11) is 0. The highest BCUT2D eigenvalue weighted by Crippen LogP contribution is 2.21. The number of hydrogen-bond donors (Lipinski definition) is 1. The number of ketones is 1. The smallest absolute Gasteiger partial charge is 0.251 e. The fourth-order valence-electron chi connectivity index (χ4n) is 1.82. The molecular formula is C20H17Cl3F2N2O3. The summed E-state index contributed by atoms with van der Waals surface area (Å²) in [5.74, 6) is -1.20. The topological polar surface area (TPSA) is 86.2 Å². The summed E-state index contributed by atoms with van der Waals surface area (Å²) in [5.41, 5.74) is 5.72. The average molecular weight is 478 g/mol. The summed E-state index contributed by atoms with van der Waals surface area (Å²) < 4.78 is 30.9. The molecule has 30 heavy (non-hydrogen) atoms. The molecule has 3 rings (SSSR count). The highest BCUT2D eigenvalue weighted by molar-refractivity contribution is 6.35. The van der Waals surface area contributed by atoms with Gasteiger partial charge >= 0.3 is 0 Å². The molecular weight excluding hydrogens is 461 g/mol. The molecule has 1 heterocycles. The van der Waals surface area contributed by atoms with Gasteiger partial charge in [-0.05, 0) is 24.3 Å². The van der Waals surface area contributed by atoms with Crippen LogP contribution >= 0.6 is 34.8 Å². The van der Waals surface area contributed by atoms with Crippen molar-refractivity contribution in [1.29, 1.82) is 0 Å². The normalized spacial score (nSPS) is 9.63. The number of hydrogen-bond acceptors (Lipinski definition) is 4. The van der Waals surface area contributed by atoms with Gasteiger partial charge in [0, 0.05) is 0 Å². The Kier molecular flexibility index (Phi) is 11.7. The Hall–Kier alpha value is -2.48. The van der Waals surface area contributed by atoms with Crippen molar-refractivity contribution >= 4 is 46.5 Å². The molecule has 2 N–H and O–H groups in total. The van der Waals surface area contributed by atoms with E-state index in [1.165, 1.54) is 30.5 Å². The zero-order chi connectivity index (χ0) is 22.5. The molecule has 0 bridgehead atoms. The Labute approximate surface area is 186 Å². The first-order valence-electron chi connectivity index (χ1n) is 8.27. The molecule has 160 valence electrons. The standard InChI is InChI=1S/C10H7ClFNO.C7H6FNO.C3H4Cl2O/c11-5-7-6-14-10(13-7)8-3-1-2-4-9(8)12;8-6-4-2-1-3-5(6)7(9)10;4-1-3(6)2-5/h1-4,6H,5H2;1-4H,(H2,9,10);1-2H2. The lowest BCUT2D eigenvalue weighted by Crippen LogP contribution is -2.12. The van der Waals surface area contributed by atoms with Crippen molar-refractivity contribution in [3.63, 3.8) is 0 Å². The third kappa shape index (κ3) is 8.49. The molecule has 2 aromatic carbocycles. The van der Waals surface area contributed by atoms with Gasteiger partial charge in [-0.3, -0.25) is 9.59 Å². The monoisotopic (exact) mass is 476 g/mol. The van der Waals surface area contributed by atoms with Crippen LogP contribution in [0.25, 0.3) is 11.5 Å². The lowest BCUT2D eigenvalue weighted by atomic mass is 10.2. The second kappa shape index (κ2) is 13.7. The van der Waals surface area contributed by atoms with Crippen LogP contribution in [-0.2, 0) is 10.7 Å². The summed E-state index contributed by atoms with van der Waals surface area (Å²) in [4.78, 5) is 24.3. The van der Waals surface area contributed by atoms with Crippen LogP contribution in [0.1, 0.15) is 16.1 Å². The predicted octanol–water partition coefficient (Wildman–Crippen LogP) is 5.18. The van der Waals surface area contributed by atoms with Crippen molar-refractivity contribution in [2.24, 2.45) is 5.73 Å². The lowest BCUT2D eigenvalue weighted by molar-refractivity contribution is -0.114. The van der Waals surface area contributed by atoms with E-state index in [0.29, 0.717) is 11.3 Å². The van der Waals surface area contributed by atoms with Gasteiger partial charge in [0.05, 0.1) is 34.5 Å². The Morgan fingerprint density at radius 1 is 0.933 bits per heavy atom. The number of oxazole rings is 1.